The number of carbonyl (C=O) groups excluding carboxylic acids is 1. The first-order chi connectivity index (χ1) is 10.5. The van der Waals surface area contributed by atoms with E-state index in [1.165, 1.54) is 7.11 Å². The largest absolute Gasteiger partial charge is 0.495 e. The van der Waals surface area contributed by atoms with Crippen LogP contribution in [0.1, 0.15) is 15.9 Å². The molecule has 0 unspecified atom stereocenters. The lowest BCUT2D eigenvalue weighted by Crippen LogP contribution is -2.29. The third kappa shape index (κ3) is 4.22. The van der Waals surface area contributed by atoms with Crippen LogP contribution in [0.15, 0.2) is 42.5 Å². The van der Waals surface area contributed by atoms with Gasteiger partial charge >= 0.3 is 0 Å². The molecule has 1 amide bonds. The van der Waals surface area contributed by atoms with Gasteiger partial charge in [-0.2, -0.15) is 0 Å². The van der Waals surface area contributed by atoms with Crippen LogP contribution in [0.25, 0.3) is 0 Å². The van der Waals surface area contributed by atoms with Crippen molar-refractivity contribution < 1.29 is 13.7 Å². The summed E-state index contributed by atoms with van der Waals surface area (Å²) < 4.78 is 22.0. The first-order valence-electron chi connectivity index (χ1n) is 6.39. The predicted molar refractivity (Wildman–Crippen MR) is 88.4 cm³/mol. The minimum atomic E-state index is -1.77. The molecular formula is C15H15ClN2O3S. The lowest BCUT2D eigenvalue weighted by molar-refractivity contribution is 0.0983. The normalized spacial score (nSPS) is 11.6. The van der Waals surface area contributed by atoms with E-state index in [1.54, 1.807) is 30.3 Å². The second-order valence-corrected chi connectivity index (χ2v) is 5.87. The Hall–Kier alpha value is -2.05. The Morgan fingerprint density at radius 2 is 1.86 bits per heavy atom. The average molecular weight is 339 g/mol. The van der Waals surface area contributed by atoms with Crippen LogP contribution in [-0.2, 0) is 11.2 Å². The minimum Gasteiger partial charge on any atom is -0.495 e. The summed E-state index contributed by atoms with van der Waals surface area (Å²) in [6.07, 6.45) is 0. The molecule has 0 bridgehead atoms. The van der Waals surface area contributed by atoms with Crippen LogP contribution in [0.2, 0.25) is 5.02 Å². The van der Waals surface area contributed by atoms with Gasteiger partial charge in [0.05, 0.1) is 12.1 Å². The summed E-state index contributed by atoms with van der Waals surface area (Å²) in [6.45, 7) is 1.93. The molecule has 0 spiro atoms. The Labute approximate surface area is 136 Å². The van der Waals surface area contributed by atoms with Crippen molar-refractivity contribution in [3.05, 3.63) is 58.6 Å². The average Bonchev–Trinajstić information content (AvgIpc) is 2.48. The van der Waals surface area contributed by atoms with Crippen LogP contribution >= 0.6 is 11.6 Å². The molecule has 0 heterocycles. The van der Waals surface area contributed by atoms with E-state index in [4.69, 9.17) is 16.3 Å². The van der Waals surface area contributed by atoms with Crippen molar-refractivity contribution in [3.8, 4) is 5.75 Å². The Morgan fingerprint density at radius 1 is 1.18 bits per heavy atom. The summed E-state index contributed by atoms with van der Waals surface area (Å²) in [5.74, 6) is 0.0899. The van der Waals surface area contributed by atoms with Crippen LogP contribution in [0.4, 0.5) is 5.69 Å². The highest BCUT2D eigenvalue weighted by molar-refractivity contribution is 7.85. The highest BCUT2D eigenvalue weighted by Crippen LogP contribution is 2.27. The number of benzene rings is 2. The van der Waals surface area contributed by atoms with Gasteiger partial charge in [-0.1, -0.05) is 29.3 Å². The number of hydrogen-bond acceptors (Lipinski definition) is 3. The number of halogens is 1. The van der Waals surface area contributed by atoms with Crippen molar-refractivity contribution in [2.75, 3.05) is 11.8 Å². The van der Waals surface area contributed by atoms with Gasteiger partial charge in [0, 0.05) is 11.3 Å². The third-order valence-corrected chi connectivity index (χ3v) is 3.95. The molecule has 0 fully saturated rings. The van der Waals surface area contributed by atoms with Gasteiger partial charge in [0.25, 0.3) is 5.91 Å². The van der Waals surface area contributed by atoms with E-state index >= 15 is 0 Å². The fourth-order valence-corrected chi connectivity index (χ4v) is 2.65. The minimum absolute atomic E-state index is 0.384. The van der Waals surface area contributed by atoms with E-state index in [2.05, 4.69) is 9.44 Å². The summed E-state index contributed by atoms with van der Waals surface area (Å²) in [6, 6.07) is 11.8. The zero-order valence-corrected chi connectivity index (χ0v) is 13.6. The lowest BCUT2D eigenvalue weighted by Gasteiger charge is -2.09. The molecule has 5 nitrogen and oxygen atoms in total. The number of ether oxygens (including phenoxy) is 1. The second-order valence-electron chi connectivity index (χ2n) is 4.52. The molecule has 22 heavy (non-hydrogen) atoms. The second kappa shape index (κ2) is 7.29. The van der Waals surface area contributed by atoms with Gasteiger partial charge < -0.3 is 4.74 Å². The Balaban J connectivity index is 1.99. The van der Waals surface area contributed by atoms with Crippen LogP contribution in [-0.4, -0.2) is 17.2 Å². The van der Waals surface area contributed by atoms with Crippen LogP contribution in [0.5, 0.6) is 5.75 Å². The SMILES string of the molecule is COc1ccc(N[S@@](=O)NC(=O)c2ccc(C)cc2)cc1Cl. The first kappa shape index (κ1) is 16.3. The number of nitrogens with one attached hydrogen (secondary N) is 2. The van der Waals surface area contributed by atoms with Gasteiger partial charge in [0.1, 0.15) is 5.75 Å². The topological polar surface area (TPSA) is 67.4 Å². The zero-order valence-electron chi connectivity index (χ0n) is 12.1. The van der Waals surface area contributed by atoms with Crippen molar-refractivity contribution in [2.24, 2.45) is 0 Å². The molecule has 116 valence electrons. The van der Waals surface area contributed by atoms with Gasteiger partial charge in [0.2, 0.25) is 11.2 Å². The fourth-order valence-electron chi connectivity index (χ4n) is 1.71. The number of aryl methyl sites for hydroxylation is 1. The summed E-state index contributed by atoms with van der Waals surface area (Å²) in [7, 11) is 1.51. The van der Waals surface area contributed by atoms with Crippen molar-refractivity contribution in [2.45, 2.75) is 6.92 Å². The smallest absolute Gasteiger partial charge is 0.264 e. The van der Waals surface area contributed by atoms with E-state index in [9.17, 15) is 9.00 Å². The monoisotopic (exact) mass is 338 g/mol. The third-order valence-electron chi connectivity index (χ3n) is 2.86. The molecule has 0 aromatic heterocycles. The molecule has 0 radical (unpaired) electrons. The summed E-state index contributed by atoms with van der Waals surface area (Å²) in [5, 5.41) is 0.384. The van der Waals surface area contributed by atoms with E-state index in [1.807, 2.05) is 19.1 Å². The molecule has 2 rings (SSSR count). The standard InChI is InChI=1S/C15H15ClN2O3S/c1-10-3-5-11(6-4-10)15(19)18-22(20)17-12-7-8-14(21-2)13(16)9-12/h3-9,17H,1-2H3,(H,18,19)/t22-/m1/s1. The Kier molecular flexibility index (Phi) is 5.41. The quantitative estimate of drug-likeness (QED) is 0.880. The van der Waals surface area contributed by atoms with Crippen molar-refractivity contribution in [1.82, 2.24) is 4.72 Å². The fraction of sp³-hybridized carbons (Fsp3) is 0.133. The number of carbonyl (C=O) groups is 1. The summed E-state index contributed by atoms with van der Waals surface area (Å²) in [4.78, 5) is 11.9. The van der Waals surface area contributed by atoms with Gasteiger partial charge in [-0.3, -0.25) is 14.2 Å². The molecule has 0 aliphatic heterocycles. The molecule has 2 N–H and O–H groups in total. The van der Waals surface area contributed by atoms with Crippen LogP contribution < -0.4 is 14.2 Å². The van der Waals surface area contributed by atoms with E-state index in [-0.39, 0.29) is 0 Å². The van der Waals surface area contributed by atoms with Crippen molar-refractivity contribution in [1.29, 1.82) is 0 Å². The molecule has 1 atom stereocenters. The Morgan fingerprint density at radius 3 is 2.45 bits per heavy atom. The number of anilines is 1. The number of methoxy groups -OCH3 is 1. The maximum absolute atomic E-state index is 11.9. The van der Waals surface area contributed by atoms with Gasteiger partial charge in [-0.15, -0.1) is 0 Å². The van der Waals surface area contributed by atoms with Crippen LogP contribution in [0.3, 0.4) is 0 Å². The van der Waals surface area contributed by atoms with Gasteiger partial charge in [-0.05, 0) is 37.3 Å². The first-order valence-corrected chi connectivity index (χ1v) is 7.92. The van der Waals surface area contributed by atoms with Gasteiger partial charge in [-0.25, -0.2) is 4.21 Å². The zero-order chi connectivity index (χ0) is 16.1. The highest BCUT2D eigenvalue weighted by atomic mass is 35.5. The van der Waals surface area contributed by atoms with Crippen molar-refractivity contribution >= 4 is 34.4 Å². The number of rotatable bonds is 5. The lowest BCUT2D eigenvalue weighted by atomic mass is 10.1. The number of hydrogen-bond donors (Lipinski definition) is 2. The maximum Gasteiger partial charge on any atom is 0.264 e. The molecule has 0 saturated heterocycles. The molecular weight excluding hydrogens is 324 g/mol. The molecule has 0 aliphatic rings. The predicted octanol–water partition coefficient (Wildman–Crippen LogP) is 3.08. The van der Waals surface area contributed by atoms with E-state index in [0.29, 0.717) is 22.0 Å². The van der Waals surface area contributed by atoms with E-state index < -0.39 is 17.1 Å². The Bertz CT molecular complexity index is 704. The molecule has 2 aromatic rings. The molecule has 0 aliphatic carbocycles. The van der Waals surface area contributed by atoms with Crippen LogP contribution in [0, 0.1) is 6.92 Å². The highest BCUT2D eigenvalue weighted by Gasteiger charge is 2.10. The maximum atomic E-state index is 11.9. The molecule has 7 heteroatoms. The molecule has 0 saturated carbocycles. The van der Waals surface area contributed by atoms with Crippen molar-refractivity contribution in [3.63, 3.8) is 0 Å². The van der Waals surface area contributed by atoms with E-state index in [0.717, 1.165) is 5.56 Å². The van der Waals surface area contributed by atoms with Gasteiger partial charge in [0.15, 0.2) is 0 Å². The summed E-state index contributed by atoms with van der Waals surface area (Å²) >= 11 is 4.21. The molecule has 2 aromatic carbocycles. The number of amides is 1. The summed E-state index contributed by atoms with van der Waals surface area (Å²) in [5.41, 5.74) is 1.99.